The molecule has 1 N–H and O–H groups in total. The van der Waals surface area contributed by atoms with Crippen molar-refractivity contribution in [1.82, 2.24) is 4.98 Å². The molecule has 2 rings (SSSR count). The van der Waals surface area contributed by atoms with Crippen molar-refractivity contribution in [2.75, 3.05) is 0 Å². The molecule has 0 aliphatic rings. The van der Waals surface area contributed by atoms with E-state index >= 15 is 0 Å². The van der Waals surface area contributed by atoms with E-state index < -0.39 is 6.10 Å². The van der Waals surface area contributed by atoms with Crippen LogP contribution in [0.1, 0.15) is 23.8 Å². The molecule has 0 radical (unpaired) electrons. The van der Waals surface area contributed by atoms with Crippen molar-refractivity contribution in [3.05, 3.63) is 52.7 Å². The first-order valence-corrected chi connectivity index (χ1v) is 6.27. The summed E-state index contributed by atoms with van der Waals surface area (Å²) < 4.78 is 0.989. The quantitative estimate of drug-likeness (QED) is 0.870. The molecule has 0 aliphatic carbocycles. The second-order valence-corrected chi connectivity index (χ2v) is 4.84. The van der Waals surface area contributed by atoms with Gasteiger partial charge in [0.25, 0.3) is 0 Å². The Balaban J connectivity index is 2.55. The maximum Gasteiger partial charge on any atom is 0.0994 e. The lowest BCUT2D eigenvalue weighted by Gasteiger charge is -2.10. The Morgan fingerprint density at radius 1 is 1.41 bits per heavy atom. The summed E-state index contributed by atoms with van der Waals surface area (Å²) in [5.74, 6) is 0. The van der Waals surface area contributed by atoms with Gasteiger partial charge in [-0.1, -0.05) is 24.3 Å². The minimum atomic E-state index is -0.579. The number of nitrogens with zero attached hydrogens (tertiary/aromatic N) is 1. The van der Waals surface area contributed by atoms with Crippen LogP contribution in [0.4, 0.5) is 0 Å². The molecule has 2 aromatic rings. The van der Waals surface area contributed by atoms with E-state index in [9.17, 15) is 5.11 Å². The highest BCUT2D eigenvalue weighted by atomic mass is 79.9. The third-order valence-electron chi connectivity index (χ3n) is 2.75. The van der Waals surface area contributed by atoms with Crippen molar-refractivity contribution in [2.45, 2.75) is 19.4 Å². The number of aliphatic hydroxyl groups is 1. The molecule has 1 atom stereocenters. The van der Waals surface area contributed by atoms with E-state index in [1.54, 1.807) is 6.08 Å². The Morgan fingerprint density at radius 2 is 2.12 bits per heavy atom. The van der Waals surface area contributed by atoms with Crippen LogP contribution in [0.5, 0.6) is 0 Å². The first kappa shape index (κ1) is 12.3. The van der Waals surface area contributed by atoms with Crippen LogP contribution in [0.25, 0.3) is 10.9 Å². The van der Waals surface area contributed by atoms with Gasteiger partial charge in [0.05, 0.1) is 17.3 Å². The van der Waals surface area contributed by atoms with Gasteiger partial charge in [-0.15, -0.1) is 6.58 Å². The SMILES string of the molecule is C=CCC(O)c1ccc2ccc(C)c(Br)c2n1. The molecule has 0 aliphatic heterocycles. The molecule has 0 amide bonds. The average Bonchev–Trinajstić information content (AvgIpc) is 2.34. The van der Waals surface area contributed by atoms with Gasteiger partial charge in [-0.3, -0.25) is 0 Å². The summed E-state index contributed by atoms with van der Waals surface area (Å²) in [5, 5.41) is 11.0. The number of rotatable bonds is 3. The van der Waals surface area contributed by atoms with Crippen LogP contribution in [0.3, 0.4) is 0 Å². The van der Waals surface area contributed by atoms with E-state index in [1.807, 2.05) is 31.2 Å². The summed E-state index contributed by atoms with van der Waals surface area (Å²) in [5.41, 5.74) is 2.72. The van der Waals surface area contributed by atoms with Crippen molar-refractivity contribution in [3.8, 4) is 0 Å². The highest BCUT2D eigenvalue weighted by molar-refractivity contribution is 9.10. The standard InChI is InChI=1S/C14H14BrNO/c1-3-4-12(17)11-8-7-10-6-5-9(2)13(15)14(10)16-11/h3,5-8,12,17H,1,4H2,2H3. The minimum Gasteiger partial charge on any atom is -0.386 e. The molecule has 0 spiro atoms. The van der Waals surface area contributed by atoms with Gasteiger partial charge in [-0.25, -0.2) is 4.98 Å². The van der Waals surface area contributed by atoms with Crippen molar-refractivity contribution < 1.29 is 5.11 Å². The summed E-state index contributed by atoms with van der Waals surface area (Å²) in [6.45, 7) is 5.65. The predicted octanol–water partition coefficient (Wildman–Crippen LogP) is 3.92. The van der Waals surface area contributed by atoms with Gasteiger partial charge < -0.3 is 5.11 Å². The van der Waals surface area contributed by atoms with Crippen LogP contribution in [-0.4, -0.2) is 10.1 Å². The number of pyridine rings is 1. The molecule has 1 aromatic carbocycles. The molecule has 88 valence electrons. The van der Waals surface area contributed by atoms with Crippen LogP contribution >= 0.6 is 15.9 Å². The lowest BCUT2D eigenvalue weighted by atomic mass is 10.1. The van der Waals surface area contributed by atoms with Crippen molar-refractivity contribution in [3.63, 3.8) is 0 Å². The molecular weight excluding hydrogens is 278 g/mol. The zero-order valence-corrected chi connectivity index (χ0v) is 11.2. The topological polar surface area (TPSA) is 33.1 Å². The molecular formula is C14H14BrNO. The Hall–Kier alpha value is -1.19. The minimum absolute atomic E-state index is 0.516. The number of hydrogen-bond donors (Lipinski definition) is 1. The second kappa shape index (κ2) is 4.98. The van der Waals surface area contributed by atoms with Crippen LogP contribution in [0.2, 0.25) is 0 Å². The van der Waals surface area contributed by atoms with E-state index in [1.165, 1.54) is 0 Å². The molecule has 3 heteroatoms. The summed E-state index contributed by atoms with van der Waals surface area (Å²) in [6, 6.07) is 7.92. The van der Waals surface area contributed by atoms with Gasteiger partial charge in [-0.2, -0.15) is 0 Å². The maximum atomic E-state index is 9.89. The molecule has 0 saturated heterocycles. The fraction of sp³-hybridized carbons (Fsp3) is 0.214. The van der Waals surface area contributed by atoms with Crippen LogP contribution in [0, 0.1) is 6.92 Å². The van der Waals surface area contributed by atoms with Crippen LogP contribution in [0.15, 0.2) is 41.4 Å². The van der Waals surface area contributed by atoms with Crippen molar-refractivity contribution >= 4 is 26.8 Å². The number of aliphatic hydroxyl groups excluding tert-OH is 1. The fourth-order valence-corrected chi connectivity index (χ4v) is 2.18. The summed E-state index contributed by atoms with van der Waals surface area (Å²) in [4.78, 5) is 4.51. The van der Waals surface area contributed by atoms with Gasteiger partial charge in [0.15, 0.2) is 0 Å². The van der Waals surface area contributed by atoms with Gasteiger partial charge in [0.1, 0.15) is 0 Å². The Labute approximate surface area is 109 Å². The zero-order chi connectivity index (χ0) is 12.4. The average molecular weight is 292 g/mol. The number of aryl methyl sites for hydroxylation is 1. The van der Waals surface area contributed by atoms with Gasteiger partial charge in [0.2, 0.25) is 0 Å². The highest BCUT2D eigenvalue weighted by Crippen LogP contribution is 2.27. The molecule has 1 unspecified atom stereocenters. The van der Waals surface area contributed by atoms with Gasteiger partial charge >= 0.3 is 0 Å². The predicted molar refractivity (Wildman–Crippen MR) is 74.0 cm³/mol. The Morgan fingerprint density at radius 3 is 2.82 bits per heavy atom. The number of fused-ring (bicyclic) bond motifs is 1. The smallest absolute Gasteiger partial charge is 0.0994 e. The Kier molecular flexibility index (Phi) is 3.60. The third-order valence-corrected chi connectivity index (χ3v) is 3.75. The number of hydrogen-bond acceptors (Lipinski definition) is 2. The maximum absolute atomic E-state index is 9.89. The molecule has 1 aromatic heterocycles. The summed E-state index contributed by atoms with van der Waals surface area (Å²) in [7, 11) is 0. The second-order valence-electron chi connectivity index (χ2n) is 4.04. The Bertz CT molecular complexity index is 565. The van der Waals surface area contributed by atoms with Crippen LogP contribution < -0.4 is 0 Å². The molecule has 1 heterocycles. The lowest BCUT2D eigenvalue weighted by molar-refractivity contribution is 0.177. The number of halogens is 1. The lowest BCUT2D eigenvalue weighted by Crippen LogP contribution is -1.99. The third kappa shape index (κ3) is 2.40. The molecule has 0 fully saturated rings. The van der Waals surface area contributed by atoms with Gasteiger partial charge in [-0.05, 0) is 40.9 Å². The van der Waals surface area contributed by atoms with Crippen LogP contribution in [-0.2, 0) is 0 Å². The normalized spacial score (nSPS) is 12.6. The zero-order valence-electron chi connectivity index (χ0n) is 9.65. The first-order valence-electron chi connectivity index (χ1n) is 5.48. The van der Waals surface area contributed by atoms with Crippen molar-refractivity contribution in [1.29, 1.82) is 0 Å². The summed E-state index contributed by atoms with van der Waals surface area (Å²) in [6.07, 6.45) is 1.63. The van der Waals surface area contributed by atoms with E-state index in [0.717, 1.165) is 20.9 Å². The van der Waals surface area contributed by atoms with E-state index in [0.29, 0.717) is 12.1 Å². The van der Waals surface area contributed by atoms with E-state index in [2.05, 4.69) is 27.5 Å². The molecule has 2 nitrogen and oxygen atoms in total. The number of benzene rings is 1. The molecule has 0 bridgehead atoms. The largest absolute Gasteiger partial charge is 0.386 e. The fourth-order valence-electron chi connectivity index (χ4n) is 1.73. The number of aromatic nitrogens is 1. The molecule has 17 heavy (non-hydrogen) atoms. The van der Waals surface area contributed by atoms with E-state index in [4.69, 9.17) is 0 Å². The summed E-state index contributed by atoms with van der Waals surface area (Å²) >= 11 is 3.54. The van der Waals surface area contributed by atoms with E-state index in [-0.39, 0.29) is 0 Å². The van der Waals surface area contributed by atoms with Gasteiger partial charge in [0, 0.05) is 9.86 Å². The first-order chi connectivity index (χ1) is 8.13. The molecule has 0 saturated carbocycles. The highest BCUT2D eigenvalue weighted by Gasteiger charge is 2.10. The monoisotopic (exact) mass is 291 g/mol. The van der Waals surface area contributed by atoms with Crippen molar-refractivity contribution in [2.24, 2.45) is 0 Å².